The third kappa shape index (κ3) is 3.74. The van der Waals surface area contributed by atoms with Crippen LogP contribution in [0, 0.1) is 6.92 Å². The molecular weight excluding hydrogens is 324 g/mol. The van der Waals surface area contributed by atoms with Gasteiger partial charge in [-0.25, -0.2) is 4.98 Å². The number of benzene rings is 2. The van der Waals surface area contributed by atoms with Crippen molar-refractivity contribution >= 4 is 44.4 Å². The molecule has 5 heteroatoms. The number of carbonyl (C=O) groups excluding carboxylic acids is 1. The second-order valence-electron chi connectivity index (χ2n) is 5.61. The van der Waals surface area contributed by atoms with Gasteiger partial charge in [0, 0.05) is 10.1 Å². The van der Waals surface area contributed by atoms with Crippen LogP contribution in [0.1, 0.15) is 29.8 Å². The highest BCUT2D eigenvalue weighted by Crippen LogP contribution is 2.29. The number of carbonyl (C=O) groups is 1. The molecule has 3 nitrogen and oxygen atoms in total. The fourth-order valence-electron chi connectivity index (χ4n) is 2.26. The monoisotopic (exact) mass is 342 g/mol. The van der Waals surface area contributed by atoms with E-state index in [4.69, 9.17) is 0 Å². The van der Waals surface area contributed by atoms with Crippen molar-refractivity contribution in [2.24, 2.45) is 0 Å². The lowest BCUT2D eigenvalue weighted by Gasteiger charge is -2.10. The maximum absolute atomic E-state index is 12.6. The molecule has 0 unspecified atom stereocenters. The fraction of sp³-hybridized carbons (Fsp3) is 0.222. The summed E-state index contributed by atoms with van der Waals surface area (Å²) in [7, 11) is 0. The smallest absolute Gasteiger partial charge is 0.258 e. The number of nitrogens with one attached hydrogen (secondary N) is 1. The van der Waals surface area contributed by atoms with Crippen LogP contribution in [0.3, 0.4) is 0 Å². The number of aryl methyl sites for hydroxylation is 1. The van der Waals surface area contributed by atoms with E-state index in [0.717, 1.165) is 15.1 Å². The minimum Gasteiger partial charge on any atom is -0.298 e. The first-order valence-corrected chi connectivity index (χ1v) is 9.17. The highest BCUT2D eigenvalue weighted by atomic mass is 32.2. The summed E-state index contributed by atoms with van der Waals surface area (Å²) in [4.78, 5) is 18.1. The Labute approximate surface area is 144 Å². The topological polar surface area (TPSA) is 42.0 Å². The molecule has 1 N–H and O–H groups in total. The predicted molar refractivity (Wildman–Crippen MR) is 99.7 cm³/mol. The van der Waals surface area contributed by atoms with Gasteiger partial charge in [0.15, 0.2) is 5.13 Å². The van der Waals surface area contributed by atoms with Crippen molar-refractivity contribution in [2.75, 3.05) is 5.32 Å². The van der Waals surface area contributed by atoms with Gasteiger partial charge in [-0.1, -0.05) is 43.4 Å². The van der Waals surface area contributed by atoms with Crippen molar-refractivity contribution in [3.63, 3.8) is 0 Å². The number of rotatable bonds is 4. The summed E-state index contributed by atoms with van der Waals surface area (Å²) >= 11 is 3.20. The zero-order valence-electron chi connectivity index (χ0n) is 13.3. The Hall–Kier alpha value is -1.85. The molecule has 0 aliphatic rings. The highest BCUT2D eigenvalue weighted by Gasteiger charge is 2.14. The summed E-state index contributed by atoms with van der Waals surface area (Å²) in [6, 6.07) is 13.8. The van der Waals surface area contributed by atoms with Crippen molar-refractivity contribution in [3.8, 4) is 0 Å². The Morgan fingerprint density at radius 1 is 1.22 bits per heavy atom. The van der Waals surface area contributed by atoms with Crippen LogP contribution in [0.25, 0.3) is 10.2 Å². The van der Waals surface area contributed by atoms with E-state index in [9.17, 15) is 4.79 Å². The first-order valence-electron chi connectivity index (χ1n) is 7.47. The van der Waals surface area contributed by atoms with Gasteiger partial charge in [-0.3, -0.25) is 10.1 Å². The number of fused-ring (bicyclic) bond motifs is 1. The normalized spacial score (nSPS) is 11.1. The lowest BCUT2D eigenvalue weighted by molar-refractivity contribution is 0.102. The van der Waals surface area contributed by atoms with E-state index in [-0.39, 0.29) is 5.91 Å². The van der Waals surface area contributed by atoms with Crippen LogP contribution in [0.2, 0.25) is 0 Å². The van der Waals surface area contributed by atoms with Gasteiger partial charge in [-0.05, 0) is 36.8 Å². The molecule has 0 spiro atoms. The van der Waals surface area contributed by atoms with E-state index in [1.165, 1.54) is 16.9 Å². The van der Waals surface area contributed by atoms with Crippen LogP contribution >= 0.6 is 23.1 Å². The molecule has 3 aromatic rings. The molecule has 0 aliphatic heterocycles. The van der Waals surface area contributed by atoms with E-state index >= 15 is 0 Å². The van der Waals surface area contributed by atoms with E-state index in [2.05, 4.69) is 37.1 Å². The van der Waals surface area contributed by atoms with Crippen LogP contribution in [0.4, 0.5) is 5.13 Å². The van der Waals surface area contributed by atoms with Crippen LogP contribution in [0.15, 0.2) is 47.4 Å². The van der Waals surface area contributed by atoms with E-state index in [1.54, 1.807) is 11.8 Å². The van der Waals surface area contributed by atoms with Gasteiger partial charge in [0.1, 0.15) is 0 Å². The molecule has 1 amide bonds. The molecule has 0 radical (unpaired) electrons. The number of nitrogens with zero attached hydrogens (tertiary/aromatic N) is 1. The van der Waals surface area contributed by atoms with Gasteiger partial charge in [-0.2, -0.15) is 0 Å². The number of hydrogen-bond donors (Lipinski definition) is 1. The molecule has 3 rings (SSSR count). The van der Waals surface area contributed by atoms with Crippen molar-refractivity contribution in [1.82, 2.24) is 4.98 Å². The van der Waals surface area contributed by atoms with E-state index < -0.39 is 0 Å². The number of amides is 1. The molecule has 0 atom stereocenters. The maximum Gasteiger partial charge on any atom is 0.258 e. The molecule has 23 heavy (non-hydrogen) atoms. The van der Waals surface area contributed by atoms with Gasteiger partial charge < -0.3 is 0 Å². The van der Waals surface area contributed by atoms with E-state index in [0.29, 0.717) is 15.9 Å². The average molecular weight is 342 g/mol. The van der Waals surface area contributed by atoms with Crippen LogP contribution < -0.4 is 5.32 Å². The SMILES string of the molecule is Cc1ccc2nc(NC(=O)c3ccccc3SC(C)C)sc2c1. The number of anilines is 1. The predicted octanol–water partition coefficient (Wildman–Crippen LogP) is 5.36. The van der Waals surface area contributed by atoms with Crippen LogP contribution in [-0.2, 0) is 0 Å². The van der Waals surface area contributed by atoms with E-state index in [1.807, 2.05) is 36.4 Å². The first kappa shape index (κ1) is 16.0. The molecular formula is C18H18N2OS2. The number of hydrogen-bond acceptors (Lipinski definition) is 4. The molecule has 1 heterocycles. The van der Waals surface area contributed by atoms with Crippen LogP contribution in [0.5, 0.6) is 0 Å². The third-order valence-corrected chi connectivity index (χ3v) is 5.27. The molecule has 0 saturated heterocycles. The lowest BCUT2D eigenvalue weighted by Crippen LogP contribution is -2.13. The fourth-order valence-corrected chi connectivity index (χ4v) is 4.17. The van der Waals surface area contributed by atoms with Gasteiger partial charge in [0.2, 0.25) is 0 Å². The third-order valence-electron chi connectivity index (χ3n) is 3.26. The molecule has 118 valence electrons. The largest absolute Gasteiger partial charge is 0.298 e. The Morgan fingerprint density at radius 3 is 2.78 bits per heavy atom. The summed E-state index contributed by atoms with van der Waals surface area (Å²) in [5.74, 6) is -0.107. The number of aromatic nitrogens is 1. The van der Waals surface area contributed by atoms with Crippen molar-refractivity contribution < 1.29 is 4.79 Å². The minimum atomic E-state index is -0.107. The van der Waals surface area contributed by atoms with Gasteiger partial charge in [0.05, 0.1) is 15.8 Å². The Morgan fingerprint density at radius 2 is 2.00 bits per heavy atom. The van der Waals surface area contributed by atoms with Gasteiger partial charge in [-0.15, -0.1) is 11.8 Å². The quantitative estimate of drug-likeness (QED) is 0.649. The summed E-state index contributed by atoms with van der Waals surface area (Å²) in [6.45, 7) is 6.29. The summed E-state index contributed by atoms with van der Waals surface area (Å²) < 4.78 is 1.09. The Balaban J connectivity index is 1.86. The summed E-state index contributed by atoms with van der Waals surface area (Å²) in [6.07, 6.45) is 0. The Bertz CT molecular complexity index is 855. The average Bonchev–Trinajstić information content (AvgIpc) is 2.88. The molecule has 0 bridgehead atoms. The second-order valence-corrected chi connectivity index (χ2v) is 8.26. The zero-order valence-corrected chi connectivity index (χ0v) is 14.9. The molecule has 1 aromatic heterocycles. The van der Waals surface area contributed by atoms with Crippen molar-refractivity contribution in [2.45, 2.75) is 30.9 Å². The molecule has 2 aromatic carbocycles. The van der Waals surface area contributed by atoms with Gasteiger partial charge >= 0.3 is 0 Å². The molecule has 0 saturated carbocycles. The number of thioether (sulfide) groups is 1. The lowest BCUT2D eigenvalue weighted by atomic mass is 10.2. The van der Waals surface area contributed by atoms with Crippen molar-refractivity contribution in [3.05, 3.63) is 53.6 Å². The Kier molecular flexibility index (Phi) is 4.68. The zero-order chi connectivity index (χ0) is 16.4. The number of thiazole rings is 1. The summed E-state index contributed by atoms with van der Waals surface area (Å²) in [5.41, 5.74) is 2.81. The first-order chi connectivity index (χ1) is 11.0. The standard InChI is InChI=1S/C18H18N2OS2/c1-11(2)22-15-7-5-4-6-13(15)17(21)20-18-19-14-9-8-12(3)10-16(14)23-18/h4-11H,1-3H3,(H,19,20,21). The highest BCUT2D eigenvalue weighted by molar-refractivity contribution is 8.00. The molecule has 0 fully saturated rings. The van der Waals surface area contributed by atoms with Crippen molar-refractivity contribution in [1.29, 1.82) is 0 Å². The second kappa shape index (κ2) is 6.72. The minimum absolute atomic E-state index is 0.107. The summed E-state index contributed by atoms with van der Waals surface area (Å²) in [5, 5.41) is 4.00. The van der Waals surface area contributed by atoms with Crippen LogP contribution in [-0.4, -0.2) is 16.1 Å². The maximum atomic E-state index is 12.6. The molecule has 0 aliphatic carbocycles. The van der Waals surface area contributed by atoms with Gasteiger partial charge in [0.25, 0.3) is 5.91 Å².